The second-order valence-electron chi connectivity index (χ2n) is 5.15. The molecule has 1 aromatic rings. The second-order valence-corrected chi connectivity index (χ2v) is 6.30. The smallest absolute Gasteiger partial charge is 0.147 e. The monoisotopic (exact) mass is 332 g/mol. The van der Waals surface area contributed by atoms with Crippen LogP contribution in [0.25, 0.3) is 0 Å². The normalized spacial score (nSPS) is 20.4. The highest BCUT2D eigenvalue weighted by molar-refractivity contribution is 9.10. The molecule has 1 saturated heterocycles. The van der Waals surface area contributed by atoms with Crippen molar-refractivity contribution in [1.29, 1.82) is 0 Å². The van der Waals surface area contributed by atoms with Gasteiger partial charge in [-0.1, -0.05) is 25.4 Å². The van der Waals surface area contributed by atoms with Crippen LogP contribution >= 0.6 is 27.5 Å². The van der Waals surface area contributed by atoms with Crippen molar-refractivity contribution in [3.8, 4) is 0 Å². The number of hydrogen-bond acceptors (Lipinski definition) is 3. The Kier molecular flexibility index (Phi) is 4.98. The van der Waals surface area contributed by atoms with Gasteiger partial charge in [-0.05, 0) is 41.1 Å². The van der Waals surface area contributed by atoms with Crippen LogP contribution in [0.3, 0.4) is 0 Å². The standard InChI is InChI=1S/C13H18BrClN2O/c1-8(2)6-10-11(14)12(15)17-13(16-10)9-4-3-5-18-7-9/h8-9H,3-7H2,1-2H3. The Hall–Kier alpha value is -0.190. The summed E-state index contributed by atoms with van der Waals surface area (Å²) >= 11 is 9.66. The number of hydrogen-bond donors (Lipinski definition) is 0. The Morgan fingerprint density at radius 1 is 1.44 bits per heavy atom. The zero-order valence-electron chi connectivity index (χ0n) is 10.7. The molecule has 1 aliphatic heterocycles. The minimum atomic E-state index is 0.287. The molecule has 0 N–H and O–H groups in total. The molecule has 1 aliphatic rings. The largest absolute Gasteiger partial charge is 0.381 e. The molecule has 3 nitrogen and oxygen atoms in total. The van der Waals surface area contributed by atoms with Gasteiger partial charge in [-0.15, -0.1) is 0 Å². The van der Waals surface area contributed by atoms with Crippen LogP contribution in [0.5, 0.6) is 0 Å². The summed E-state index contributed by atoms with van der Waals surface area (Å²) in [5, 5.41) is 0.515. The predicted molar refractivity (Wildman–Crippen MR) is 76.1 cm³/mol. The third kappa shape index (κ3) is 3.43. The maximum atomic E-state index is 6.18. The van der Waals surface area contributed by atoms with Crippen LogP contribution in [0, 0.1) is 5.92 Å². The highest BCUT2D eigenvalue weighted by Gasteiger charge is 2.21. The number of ether oxygens (including phenoxy) is 1. The van der Waals surface area contributed by atoms with Gasteiger partial charge >= 0.3 is 0 Å². The highest BCUT2D eigenvalue weighted by atomic mass is 79.9. The zero-order chi connectivity index (χ0) is 13.1. The molecule has 1 aromatic heterocycles. The van der Waals surface area contributed by atoms with Crippen LogP contribution in [-0.4, -0.2) is 23.2 Å². The van der Waals surface area contributed by atoms with E-state index in [-0.39, 0.29) is 5.92 Å². The van der Waals surface area contributed by atoms with Gasteiger partial charge in [-0.3, -0.25) is 0 Å². The first-order valence-electron chi connectivity index (χ1n) is 6.37. The van der Waals surface area contributed by atoms with Gasteiger partial charge < -0.3 is 4.74 Å². The second kappa shape index (κ2) is 6.31. The van der Waals surface area contributed by atoms with Crippen molar-refractivity contribution < 1.29 is 4.74 Å². The van der Waals surface area contributed by atoms with Gasteiger partial charge in [-0.25, -0.2) is 9.97 Å². The van der Waals surface area contributed by atoms with Gasteiger partial charge in [0.1, 0.15) is 11.0 Å². The van der Waals surface area contributed by atoms with Crippen molar-refractivity contribution in [3.05, 3.63) is 21.1 Å². The Morgan fingerprint density at radius 2 is 2.22 bits per heavy atom. The SMILES string of the molecule is CC(C)Cc1nc(C2CCCOC2)nc(Cl)c1Br. The van der Waals surface area contributed by atoms with E-state index in [2.05, 4.69) is 39.7 Å². The van der Waals surface area contributed by atoms with E-state index in [1.54, 1.807) is 0 Å². The van der Waals surface area contributed by atoms with Crippen LogP contribution < -0.4 is 0 Å². The maximum Gasteiger partial charge on any atom is 0.147 e. The summed E-state index contributed by atoms with van der Waals surface area (Å²) in [6.07, 6.45) is 3.06. The molecular formula is C13H18BrClN2O. The van der Waals surface area contributed by atoms with E-state index >= 15 is 0 Å². The van der Waals surface area contributed by atoms with Gasteiger partial charge in [0.05, 0.1) is 16.8 Å². The number of halogens is 2. The lowest BCUT2D eigenvalue weighted by Gasteiger charge is -2.21. The Labute approximate surface area is 121 Å². The summed E-state index contributed by atoms with van der Waals surface area (Å²) < 4.78 is 6.32. The average Bonchev–Trinajstić information content (AvgIpc) is 2.35. The van der Waals surface area contributed by atoms with Crippen molar-refractivity contribution in [3.63, 3.8) is 0 Å². The van der Waals surface area contributed by atoms with Crippen LogP contribution in [0.2, 0.25) is 5.15 Å². The summed E-state index contributed by atoms with van der Waals surface area (Å²) in [7, 11) is 0. The first kappa shape index (κ1) is 14.2. The summed E-state index contributed by atoms with van der Waals surface area (Å²) in [6.45, 7) is 5.90. The third-order valence-corrected chi connectivity index (χ3v) is 4.36. The molecule has 0 amide bonds. The summed E-state index contributed by atoms with van der Waals surface area (Å²) in [4.78, 5) is 9.07. The molecule has 2 rings (SSSR count). The van der Waals surface area contributed by atoms with E-state index in [1.165, 1.54) is 0 Å². The molecule has 0 spiro atoms. The molecule has 100 valence electrons. The molecule has 1 fully saturated rings. The fourth-order valence-electron chi connectivity index (χ4n) is 2.13. The minimum Gasteiger partial charge on any atom is -0.381 e. The fourth-order valence-corrected chi connectivity index (χ4v) is 2.66. The van der Waals surface area contributed by atoms with Crippen LogP contribution in [0.1, 0.15) is 44.1 Å². The lowest BCUT2D eigenvalue weighted by atomic mass is 10.0. The van der Waals surface area contributed by atoms with E-state index in [0.717, 1.165) is 41.9 Å². The van der Waals surface area contributed by atoms with Gasteiger partial charge in [0.15, 0.2) is 0 Å². The molecule has 0 aromatic carbocycles. The van der Waals surface area contributed by atoms with Crippen LogP contribution in [0.15, 0.2) is 4.47 Å². The first-order valence-corrected chi connectivity index (χ1v) is 7.54. The Balaban J connectivity index is 2.27. The molecule has 5 heteroatoms. The van der Waals surface area contributed by atoms with Gasteiger partial charge in [0.25, 0.3) is 0 Å². The van der Waals surface area contributed by atoms with E-state index in [4.69, 9.17) is 16.3 Å². The third-order valence-electron chi connectivity index (χ3n) is 3.02. The van der Waals surface area contributed by atoms with E-state index in [0.29, 0.717) is 17.7 Å². The Bertz CT molecular complexity index is 420. The molecule has 2 heterocycles. The van der Waals surface area contributed by atoms with Crippen LogP contribution in [0.4, 0.5) is 0 Å². The summed E-state index contributed by atoms with van der Waals surface area (Å²) in [5.41, 5.74) is 1.01. The first-order chi connectivity index (χ1) is 8.58. The van der Waals surface area contributed by atoms with Gasteiger partial charge in [-0.2, -0.15) is 0 Å². The van der Waals surface area contributed by atoms with Crippen molar-refractivity contribution in [2.24, 2.45) is 5.92 Å². The molecule has 0 radical (unpaired) electrons. The molecular weight excluding hydrogens is 316 g/mol. The van der Waals surface area contributed by atoms with Crippen molar-refractivity contribution in [2.45, 2.75) is 39.0 Å². The molecule has 1 atom stereocenters. The van der Waals surface area contributed by atoms with E-state index in [1.807, 2.05) is 0 Å². The van der Waals surface area contributed by atoms with Crippen molar-refractivity contribution in [2.75, 3.05) is 13.2 Å². The summed E-state index contributed by atoms with van der Waals surface area (Å²) in [5.74, 6) is 1.66. The van der Waals surface area contributed by atoms with E-state index < -0.39 is 0 Å². The number of rotatable bonds is 3. The lowest BCUT2D eigenvalue weighted by Crippen LogP contribution is -2.19. The fraction of sp³-hybridized carbons (Fsp3) is 0.692. The molecule has 1 unspecified atom stereocenters. The highest BCUT2D eigenvalue weighted by Crippen LogP contribution is 2.29. The Morgan fingerprint density at radius 3 is 2.83 bits per heavy atom. The maximum absolute atomic E-state index is 6.18. The predicted octanol–water partition coefficient (Wildman–Crippen LogP) is 3.99. The van der Waals surface area contributed by atoms with Crippen molar-refractivity contribution >= 4 is 27.5 Å². The molecule has 0 aliphatic carbocycles. The van der Waals surface area contributed by atoms with Crippen molar-refractivity contribution in [1.82, 2.24) is 9.97 Å². The van der Waals surface area contributed by atoms with Gasteiger partial charge in [0.2, 0.25) is 0 Å². The van der Waals surface area contributed by atoms with E-state index in [9.17, 15) is 0 Å². The van der Waals surface area contributed by atoms with Gasteiger partial charge in [0, 0.05) is 12.5 Å². The average molecular weight is 334 g/mol. The van der Waals surface area contributed by atoms with Crippen LogP contribution in [-0.2, 0) is 11.2 Å². The molecule has 0 bridgehead atoms. The molecule has 18 heavy (non-hydrogen) atoms. The zero-order valence-corrected chi connectivity index (χ0v) is 13.1. The topological polar surface area (TPSA) is 35.0 Å². The quantitative estimate of drug-likeness (QED) is 0.785. The minimum absolute atomic E-state index is 0.287. The number of nitrogens with zero attached hydrogens (tertiary/aromatic N) is 2. The lowest BCUT2D eigenvalue weighted by molar-refractivity contribution is 0.0779. The molecule has 0 saturated carbocycles. The number of aromatic nitrogens is 2. The summed E-state index contributed by atoms with van der Waals surface area (Å²) in [6, 6.07) is 0.